The van der Waals surface area contributed by atoms with Gasteiger partial charge in [-0.2, -0.15) is 5.26 Å². The van der Waals surface area contributed by atoms with Gasteiger partial charge in [0.1, 0.15) is 6.07 Å². The van der Waals surface area contributed by atoms with Gasteiger partial charge in [-0.15, -0.1) is 0 Å². The molecule has 0 bridgehead atoms. The first kappa shape index (κ1) is 12.2. The molecule has 17 heavy (non-hydrogen) atoms. The van der Waals surface area contributed by atoms with Crippen LogP contribution in [-0.2, 0) is 0 Å². The van der Waals surface area contributed by atoms with Crippen molar-refractivity contribution in [1.82, 2.24) is 0 Å². The summed E-state index contributed by atoms with van der Waals surface area (Å²) < 4.78 is 0. The minimum Gasteiger partial charge on any atom is -0.393 e. The van der Waals surface area contributed by atoms with E-state index in [1.165, 1.54) is 0 Å². The Labute approximate surface area is 106 Å². The lowest BCUT2D eigenvalue weighted by Crippen LogP contribution is -2.22. The first-order valence-corrected chi connectivity index (χ1v) is 6.20. The number of rotatable bonds is 3. The number of aliphatic hydroxyl groups excluding tert-OH is 1. The third-order valence-electron chi connectivity index (χ3n) is 3.28. The second-order valence-corrected chi connectivity index (χ2v) is 4.88. The quantitative estimate of drug-likeness (QED) is 0.867. The van der Waals surface area contributed by atoms with Crippen molar-refractivity contribution in [2.24, 2.45) is 5.92 Å². The predicted molar refractivity (Wildman–Crippen MR) is 68.0 cm³/mol. The summed E-state index contributed by atoms with van der Waals surface area (Å²) in [5, 5.41) is 22.5. The number of benzene rings is 1. The molecule has 1 saturated carbocycles. The van der Waals surface area contributed by atoms with Gasteiger partial charge < -0.3 is 10.4 Å². The maximum absolute atomic E-state index is 9.72. The molecule has 0 heterocycles. The van der Waals surface area contributed by atoms with Crippen molar-refractivity contribution in [3.05, 3.63) is 28.8 Å². The zero-order chi connectivity index (χ0) is 12.3. The van der Waals surface area contributed by atoms with E-state index < -0.39 is 0 Å². The van der Waals surface area contributed by atoms with Crippen molar-refractivity contribution in [1.29, 1.82) is 5.26 Å². The lowest BCUT2D eigenvalue weighted by atomic mass is 10.1. The normalized spacial score (nSPS) is 23.4. The van der Waals surface area contributed by atoms with Gasteiger partial charge in [-0.3, -0.25) is 0 Å². The van der Waals surface area contributed by atoms with Crippen molar-refractivity contribution in [2.75, 3.05) is 11.9 Å². The molecule has 0 radical (unpaired) electrons. The van der Waals surface area contributed by atoms with Crippen LogP contribution in [0.2, 0.25) is 5.02 Å². The molecule has 2 atom stereocenters. The minimum atomic E-state index is -0.216. The summed E-state index contributed by atoms with van der Waals surface area (Å²) in [4.78, 5) is 0. The highest BCUT2D eigenvalue weighted by Crippen LogP contribution is 2.27. The van der Waals surface area contributed by atoms with Gasteiger partial charge in [0.15, 0.2) is 0 Å². The molecule has 4 heteroatoms. The number of nitrogens with one attached hydrogen (secondary N) is 1. The van der Waals surface area contributed by atoms with Gasteiger partial charge in [0, 0.05) is 17.5 Å². The number of aliphatic hydroxyl groups is 1. The van der Waals surface area contributed by atoms with Gasteiger partial charge in [0.2, 0.25) is 0 Å². The van der Waals surface area contributed by atoms with Crippen molar-refractivity contribution >= 4 is 17.3 Å². The minimum absolute atomic E-state index is 0.216. The van der Waals surface area contributed by atoms with E-state index >= 15 is 0 Å². The standard InChI is InChI=1S/C13H15ClN2O/c14-11-5-4-9(7-15)12(6-11)16-8-10-2-1-3-13(10)17/h4-6,10,13,16-17H,1-3,8H2. The van der Waals surface area contributed by atoms with Gasteiger partial charge in [-0.25, -0.2) is 0 Å². The molecule has 2 N–H and O–H groups in total. The summed E-state index contributed by atoms with van der Waals surface area (Å²) in [5.41, 5.74) is 1.33. The number of nitrogens with zero attached hydrogens (tertiary/aromatic N) is 1. The van der Waals surface area contributed by atoms with Gasteiger partial charge in [-0.1, -0.05) is 18.0 Å². The van der Waals surface area contributed by atoms with E-state index in [-0.39, 0.29) is 12.0 Å². The third kappa shape index (κ3) is 2.91. The van der Waals surface area contributed by atoms with Crippen LogP contribution in [0.15, 0.2) is 18.2 Å². The molecule has 1 aromatic carbocycles. The second kappa shape index (κ2) is 5.39. The number of hydrogen-bond donors (Lipinski definition) is 2. The monoisotopic (exact) mass is 250 g/mol. The molecule has 0 aromatic heterocycles. The van der Waals surface area contributed by atoms with Crippen LogP contribution in [0.3, 0.4) is 0 Å². The highest BCUT2D eigenvalue weighted by atomic mass is 35.5. The van der Waals surface area contributed by atoms with Crippen LogP contribution in [0.25, 0.3) is 0 Å². The highest BCUT2D eigenvalue weighted by Gasteiger charge is 2.24. The van der Waals surface area contributed by atoms with E-state index in [4.69, 9.17) is 16.9 Å². The average Bonchev–Trinajstić information content (AvgIpc) is 2.72. The van der Waals surface area contributed by atoms with Crippen LogP contribution in [-0.4, -0.2) is 17.8 Å². The van der Waals surface area contributed by atoms with Crippen LogP contribution in [0.4, 0.5) is 5.69 Å². The fraction of sp³-hybridized carbons (Fsp3) is 0.462. The molecule has 1 aliphatic rings. The summed E-state index contributed by atoms with van der Waals surface area (Å²) in [7, 11) is 0. The number of halogens is 1. The number of nitriles is 1. The maximum atomic E-state index is 9.72. The SMILES string of the molecule is N#Cc1ccc(Cl)cc1NCC1CCCC1O. The topological polar surface area (TPSA) is 56.0 Å². The van der Waals surface area contributed by atoms with E-state index in [1.54, 1.807) is 18.2 Å². The molecule has 0 amide bonds. The Morgan fingerprint density at radius 3 is 2.94 bits per heavy atom. The molecule has 1 aromatic rings. The molecule has 90 valence electrons. The Kier molecular flexibility index (Phi) is 3.88. The highest BCUT2D eigenvalue weighted by molar-refractivity contribution is 6.30. The van der Waals surface area contributed by atoms with Crippen LogP contribution in [0.5, 0.6) is 0 Å². The Bertz CT molecular complexity index is 442. The second-order valence-electron chi connectivity index (χ2n) is 4.44. The van der Waals surface area contributed by atoms with Crippen molar-refractivity contribution in [2.45, 2.75) is 25.4 Å². The van der Waals surface area contributed by atoms with E-state index in [0.29, 0.717) is 17.1 Å². The Morgan fingerprint density at radius 2 is 2.29 bits per heavy atom. The van der Waals surface area contributed by atoms with Gasteiger partial charge >= 0.3 is 0 Å². The first-order chi connectivity index (χ1) is 8.20. The molecule has 0 aliphatic heterocycles. The van der Waals surface area contributed by atoms with Gasteiger partial charge in [0.25, 0.3) is 0 Å². The largest absolute Gasteiger partial charge is 0.393 e. The maximum Gasteiger partial charge on any atom is 0.101 e. The molecule has 3 nitrogen and oxygen atoms in total. The fourth-order valence-electron chi connectivity index (χ4n) is 2.26. The Balaban J connectivity index is 2.03. The summed E-state index contributed by atoms with van der Waals surface area (Å²) in [6.45, 7) is 0.691. The Morgan fingerprint density at radius 1 is 1.47 bits per heavy atom. The molecule has 1 aliphatic carbocycles. The van der Waals surface area contributed by atoms with E-state index in [1.807, 2.05) is 0 Å². The molecule has 2 unspecified atom stereocenters. The van der Waals surface area contributed by atoms with Crippen molar-refractivity contribution in [3.8, 4) is 6.07 Å². The summed E-state index contributed by atoms with van der Waals surface area (Å²) >= 11 is 5.90. The van der Waals surface area contributed by atoms with Gasteiger partial charge in [-0.05, 0) is 31.0 Å². The van der Waals surface area contributed by atoms with Crippen LogP contribution >= 0.6 is 11.6 Å². The summed E-state index contributed by atoms with van der Waals surface area (Å²) in [6.07, 6.45) is 2.78. The van der Waals surface area contributed by atoms with Crippen LogP contribution in [0, 0.1) is 17.2 Å². The molecule has 0 saturated heterocycles. The van der Waals surface area contributed by atoms with E-state index in [2.05, 4.69) is 11.4 Å². The van der Waals surface area contributed by atoms with Crippen LogP contribution < -0.4 is 5.32 Å². The van der Waals surface area contributed by atoms with E-state index in [0.717, 1.165) is 24.9 Å². The number of hydrogen-bond acceptors (Lipinski definition) is 3. The molecular formula is C13H15ClN2O. The third-order valence-corrected chi connectivity index (χ3v) is 3.51. The van der Waals surface area contributed by atoms with E-state index in [9.17, 15) is 5.11 Å². The molecular weight excluding hydrogens is 236 g/mol. The van der Waals surface area contributed by atoms with Crippen LogP contribution in [0.1, 0.15) is 24.8 Å². The smallest absolute Gasteiger partial charge is 0.101 e. The lowest BCUT2D eigenvalue weighted by Gasteiger charge is -2.16. The Hall–Kier alpha value is -1.24. The molecule has 1 fully saturated rings. The predicted octanol–water partition coefficient (Wildman–Crippen LogP) is 2.78. The molecule has 2 rings (SSSR count). The van der Waals surface area contributed by atoms with Crippen molar-refractivity contribution in [3.63, 3.8) is 0 Å². The first-order valence-electron chi connectivity index (χ1n) is 5.82. The van der Waals surface area contributed by atoms with Crippen molar-refractivity contribution < 1.29 is 5.11 Å². The zero-order valence-electron chi connectivity index (χ0n) is 9.49. The average molecular weight is 251 g/mol. The van der Waals surface area contributed by atoms with Gasteiger partial charge in [0.05, 0.1) is 17.4 Å². The summed E-state index contributed by atoms with van der Waals surface area (Å²) in [6, 6.07) is 7.29. The lowest BCUT2D eigenvalue weighted by molar-refractivity contribution is 0.138. The molecule has 0 spiro atoms. The summed E-state index contributed by atoms with van der Waals surface area (Å²) in [5.74, 6) is 0.278. The zero-order valence-corrected chi connectivity index (χ0v) is 10.2. The number of anilines is 1. The fourth-order valence-corrected chi connectivity index (χ4v) is 2.43.